The Morgan fingerprint density at radius 2 is 1.94 bits per heavy atom. The maximum atomic E-state index is 11.6. The molecule has 1 rings (SSSR count). The van der Waals surface area contributed by atoms with Crippen LogP contribution in [-0.4, -0.2) is 50.0 Å². The minimum Gasteiger partial charge on any atom is -0.469 e. The van der Waals surface area contributed by atoms with Crippen LogP contribution in [0.3, 0.4) is 0 Å². The van der Waals surface area contributed by atoms with Crippen LogP contribution in [0.2, 0.25) is 0 Å². The molecule has 6 nitrogen and oxygen atoms in total. The largest absolute Gasteiger partial charge is 0.469 e. The van der Waals surface area contributed by atoms with Crippen LogP contribution in [0.15, 0.2) is 0 Å². The molecule has 0 aliphatic heterocycles. The van der Waals surface area contributed by atoms with E-state index >= 15 is 0 Å². The highest BCUT2D eigenvalue weighted by molar-refractivity contribution is 5.82. The van der Waals surface area contributed by atoms with Gasteiger partial charge in [-0.05, 0) is 5.41 Å². The average Bonchev–Trinajstić information content (AvgIpc) is 2.87. The van der Waals surface area contributed by atoms with Crippen molar-refractivity contribution in [2.24, 2.45) is 11.3 Å². The quantitative estimate of drug-likeness (QED) is 0.637. The molecule has 0 saturated heterocycles. The zero-order chi connectivity index (χ0) is 13.9. The molecule has 0 aromatic rings. The second-order valence-electron chi connectivity index (χ2n) is 5.11. The average molecular weight is 259 g/mol. The highest BCUT2D eigenvalue weighted by Crippen LogP contribution is 2.51. The number of carbonyl (C=O) groups excluding carboxylic acids is 2. The van der Waals surface area contributed by atoms with Gasteiger partial charge in [0.05, 0.1) is 20.6 Å². The molecule has 0 amide bonds. The zero-order valence-electron chi connectivity index (χ0n) is 11.2. The summed E-state index contributed by atoms with van der Waals surface area (Å²) in [6.07, 6.45) is -0.0755. The summed E-state index contributed by atoms with van der Waals surface area (Å²) in [5, 5.41) is 12.3. The maximum Gasteiger partial charge on any atom is 0.323 e. The number of ether oxygens (including phenoxy) is 2. The molecule has 1 fully saturated rings. The third-order valence-corrected chi connectivity index (χ3v) is 3.71. The third kappa shape index (κ3) is 3.00. The molecule has 2 unspecified atom stereocenters. The van der Waals surface area contributed by atoms with Crippen LogP contribution in [0, 0.1) is 11.3 Å². The van der Waals surface area contributed by atoms with Gasteiger partial charge < -0.3 is 19.9 Å². The monoisotopic (exact) mass is 259 g/mol. The normalized spacial score (nSPS) is 26.3. The van der Waals surface area contributed by atoms with Gasteiger partial charge in [0.25, 0.3) is 0 Å². The van der Waals surface area contributed by atoms with Gasteiger partial charge in [-0.15, -0.1) is 0 Å². The van der Waals surface area contributed by atoms with E-state index in [4.69, 9.17) is 0 Å². The smallest absolute Gasteiger partial charge is 0.323 e. The van der Waals surface area contributed by atoms with Gasteiger partial charge in [-0.1, -0.05) is 13.8 Å². The summed E-state index contributed by atoms with van der Waals surface area (Å²) in [7, 11) is 2.55. The van der Waals surface area contributed by atoms with Crippen molar-refractivity contribution in [3.63, 3.8) is 0 Å². The number of carbonyl (C=O) groups is 2. The summed E-state index contributed by atoms with van der Waals surface area (Å²) in [5.41, 5.74) is -0.0862. The highest BCUT2D eigenvalue weighted by Gasteiger charge is 2.58. The Morgan fingerprint density at radius 1 is 1.33 bits per heavy atom. The van der Waals surface area contributed by atoms with Crippen LogP contribution in [0.5, 0.6) is 0 Å². The molecule has 104 valence electrons. The van der Waals surface area contributed by atoms with E-state index in [1.807, 2.05) is 13.8 Å². The highest BCUT2D eigenvalue weighted by atomic mass is 16.5. The lowest BCUT2D eigenvalue weighted by Gasteiger charge is -2.16. The summed E-state index contributed by atoms with van der Waals surface area (Å²) >= 11 is 0. The lowest BCUT2D eigenvalue weighted by Crippen LogP contribution is -2.42. The first-order valence-corrected chi connectivity index (χ1v) is 5.90. The molecule has 0 heterocycles. The van der Waals surface area contributed by atoms with Crippen LogP contribution in [0.25, 0.3) is 0 Å². The van der Waals surface area contributed by atoms with Gasteiger partial charge in [0.15, 0.2) is 0 Å². The minimum atomic E-state index is -0.733. The van der Waals surface area contributed by atoms with Crippen LogP contribution >= 0.6 is 0 Å². The molecule has 1 aliphatic rings. The Kier molecular flexibility index (Phi) is 4.70. The molecule has 0 spiro atoms. The number of aliphatic hydroxyl groups is 1. The molecular formula is C12H21NO5. The zero-order valence-corrected chi connectivity index (χ0v) is 11.2. The number of hydrogen-bond donors (Lipinski definition) is 2. The first-order valence-electron chi connectivity index (χ1n) is 5.90. The number of methoxy groups -OCH3 is 2. The van der Waals surface area contributed by atoms with Gasteiger partial charge in [0.1, 0.15) is 6.04 Å². The molecule has 0 radical (unpaired) electrons. The fourth-order valence-electron chi connectivity index (χ4n) is 2.24. The van der Waals surface area contributed by atoms with E-state index in [0.717, 1.165) is 0 Å². The second kappa shape index (κ2) is 5.67. The van der Waals surface area contributed by atoms with E-state index in [9.17, 15) is 14.7 Å². The van der Waals surface area contributed by atoms with E-state index in [2.05, 4.69) is 14.8 Å². The van der Waals surface area contributed by atoms with Crippen molar-refractivity contribution >= 4 is 11.9 Å². The van der Waals surface area contributed by atoms with Crippen molar-refractivity contribution in [3.8, 4) is 0 Å². The summed E-state index contributed by atoms with van der Waals surface area (Å²) in [5.74, 6) is -0.890. The van der Waals surface area contributed by atoms with E-state index in [1.54, 1.807) is 0 Å². The maximum absolute atomic E-state index is 11.6. The first-order chi connectivity index (χ1) is 8.38. The molecule has 3 atom stereocenters. The lowest BCUT2D eigenvalue weighted by atomic mass is 10.1. The van der Waals surface area contributed by atoms with Crippen LogP contribution in [-0.2, 0) is 19.1 Å². The second-order valence-corrected chi connectivity index (χ2v) is 5.11. The molecule has 18 heavy (non-hydrogen) atoms. The van der Waals surface area contributed by atoms with Crippen LogP contribution < -0.4 is 5.32 Å². The van der Waals surface area contributed by atoms with Gasteiger partial charge in [0, 0.05) is 18.6 Å². The number of nitrogens with one attached hydrogen (secondary N) is 1. The van der Waals surface area contributed by atoms with Crippen LogP contribution in [0.4, 0.5) is 0 Å². The Balaban J connectivity index is 2.63. The summed E-state index contributed by atoms with van der Waals surface area (Å²) in [6, 6.07) is -0.737. The van der Waals surface area contributed by atoms with Crippen molar-refractivity contribution in [3.05, 3.63) is 0 Å². The van der Waals surface area contributed by atoms with Gasteiger partial charge in [0.2, 0.25) is 0 Å². The fraction of sp³-hybridized carbons (Fsp3) is 0.833. The Hall–Kier alpha value is -1.14. The van der Waals surface area contributed by atoms with Crippen molar-refractivity contribution < 1.29 is 24.2 Å². The Labute approximate surface area is 107 Å². The number of aliphatic hydroxyl groups excluding tert-OH is 1. The minimum absolute atomic E-state index is 0.00347. The van der Waals surface area contributed by atoms with E-state index in [-0.39, 0.29) is 30.4 Å². The standard InChI is InChI=1S/C12H21NO5/c1-12(2)7(6-14)10(12)13-8(11(16)18-4)5-9(15)17-3/h7-8,10,13-14H,5-6H2,1-4H3/t7-,8?,10?/m1/s1. The predicted molar refractivity (Wildman–Crippen MR) is 63.7 cm³/mol. The molecule has 2 N–H and O–H groups in total. The lowest BCUT2D eigenvalue weighted by molar-refractivity contribution is -0.149. The molecule has 0 bridgehead atoms. The van der Waals surface area contributed by atoms with Crippen molar-refractivity contribution in [2.75, 3.05) is 20.8 Å². The molecule has 0 aromatic heterocycles. The van der Waals surface area contributed by atoms with Crippen molar-refractivity contribution in [1.82, 2.24) is 5.32 Å². The van der Waals surface area contributed by atoms with E-state index in [0.29, 0.717) is 0 Å². The molecule has 0 aromatic carbocycles. The molecule has 6 heteroatoms. The Bertz CT molecular complexity index is 328. The number of hydrogen-bond acceptors (Lipinski definition) is 6. The molecule has 1 saturated carbocycles. The summed E-state index contributed by atoms with van der Waals surface area (Å²) in [6.45, 7) is 4.05. The van der Waals surface area contributed by atoms with Gasteiger partial charge in [-0.2, -0.15) is 0 Å². The Morgan fingerprint density at radius 3 is 2.33 bits per heavy atom. The summed E-state index contributed by atoms with van der Waals surface area (Å²) < 4.78 is 9.20. The topological polar surface area (TPSA) is 84.9 Å². The third-order valence-electron chi connectivity index (χ3n) is 3.71. The number of esters is 2. The van der Waals surface area contributed by atoms with Crippen LogP contribution in [0.1, 0.15) is 20.3 Å². The van der Waals surface area contributed by atoms with Gasteiger partial charge in [-0.3, -0.25) is 9.59 Å². The van der Waals surface area contributed by atoms with Gasteiger partial charge >= 0.3 is 11.9 Å². The van der Waals surface area contributed by atoms with Crippen molar-refractivity contribution in [2.45, 2.75) is 32.4 Å². The van der Waals surface area contributed by atoms with E-state index in [1.165, 1.54) is 14.2 Å². The molecular weight excluding hydrogens is 238 g/mol. The molecule has 1 aliphatic carbocycles. The SMILES string of the molecule is COC(=O)CC(NC1[C@@H](CO)C1(C)C)C(=O)OC. The van der Waals surface area contributed by atoms with Gasteiger partial charge in [-0.25, -0.2) is 0 Å². The van der Waals surface area contributed by atoms with E-state index < -0.39 is 18.0 Å². The number of rotatable bonds is 6. The fourth-order valence-corrected chi connectivity index (χ4v) is 2.24. The van der Waals surface area contributed by atoms with Crippen molar-refractivity contribution in [1.29, 1.82) is 0 Å². The first kappa shape index (κ1) is 14.9. The predicted octanol–water partition coefficient (Wildman–Crippen LogP) is -0.302. The summed E-state index contributed by atoms with van der Waals surface area (Å²) in [4.78, 5) is 22.8.